The minimum Gasteiger partial charge on any atom is -0.497 e. The average molecular weight is 386 g/mol. The summed E-state index contributed by atoms with van der Waals surface area (Å²) in [4.78, 5) is 16.3. The highest BCUT2D eigenvalue weighted by Crippen LogP contribution is 2.22. The molecule has 1 amide bonds. The van der Waals surface area contributed by atoms with Gasteiger partial charge in [0.25, 0.3) is 5.91 Å². The van der Waals surface area contributed by atoms with Crippen molar-refractivity contribution in [2.24, 2.45) is 0 Å². The summed E-state index contributed by atoms with van der Waals surface area (Å²) < 4.78 is 5.15. The summed E-state index contributed by atoms with van der Waals surface area (Å²) in [5.41, 5.74) is 2.47. The number of nitrogens with zero attached hydrogens (tertiary/aromatic N) is 1. The predicted molar refractivity (Wildman–Crippen MR) is 106 cm³/mol. The van der Waals surface area contributed by atoms with Crippen LogP contribution in [0.25, 0.3) is 11.1 Å². The Kier molecular flexibility index (Phi) is 11.6. The number of hydrogen-bond donors (Lipinski definition) is 2. The number of ether oxygens (including phenoxy) is 1. The van der Waals surface area contributed by atoms with Gasteiger partial charge in [-0.1, -0.05) is 19.1 Å². The molecule has 0 spiro atoms. The van der Waals surface area contributed by atoms with Crippen LogP contribution >= 0.6 is 24.8 Å². The summed E-state index contributed by atoms with van der Waals surface area (Å²) in [6, 6.07) is 9.53. The first-order valence-corrected chi connectivity index (χ1v) is 7.83. The van der Waals surface area contributed by atoms with Gasteiger partial charge in [0.15, 0.2) is 0 Å². The molecule has 2 rings (SSSR count). The number of rotatable bonds is 8. The lowest BCUT2D eigenvalue weighted by atomic mass is 10.1. The molecule has 5 nitrogen and oxygen atoms in total. The standard InChI is InChI=1S/C18H23N3O2.2ClH/c1-3-8-19-9-10-21-18(22)16-11-15(12-20-13-16)14-4-6-17(23-2)7-5-14;;/h4-7,11-13,19H,3,8-10H2,1-2H3,(H,21,22);2*1H. The molecule has 0 saturated heterocycles. The molecule has 138 valence electrons. The van der Waals surface area contributed by atoms with Gasteiger partial charge >= 0.3 is 0 Å². The number of carbonyl (C=O) groups is 1. The summed E-state index contributed by atoms with van der Waals surface area (Å²) >= 11 is 0. The zero-order valence-corrected chi connectivity index (χ0v) is 16.1. The van der Waals surface area contributed by atoms with E-state index in [-0.39, 0.29) is 30.7 Å². The van der Waals surface area contributed by atoms with Crippen LogP contribution in [0.15, 0.2) is 42.7 Å². The van der Waals surface area contributed by atoms with E-state index in [1.165, 1.54) is 0 Å². The Morgan fingerprint density at radius 3 is 2.40 bits per heavy atom. The molecule has 0 aliphatic heterocycles. The molecule has 25 heavy (non-hydrogen) atoms. The fraction of sp³-hybridized carbons (Fsp3) is 0.333. The van der Waals surface area contributed by atoms with E-state index in [9.17, 15) is 4.79 Å². The van der Waals surface area contributed by atoms with Gasteiger partial charge in [0, 0.05) is 31.0 Å². The summed E-state index contributed by atoms with van der Waals surface area (Å²) in [7, 11) is 1.64. The van der Waals surface area contributed by atoms with E-state index in [0.29, 0.717) is 12.1 Å². The highest BCUT2D eigenvalue weighted by Gasteiger charge is 2.07. The van der Waals surface area contributed by atoms with Crippen LogP contribution in [-0.4, -0.2) is 37.6 Å². The lowest BCUT2D eigenvalue weighted by Gasteiger charge is -2.08. The van der Waals surface area contributed by atoms with Crippen LogP contribution in [0.4, 0.5) is 0 Å². The van der Waals surface area contributed by atoms with E-state index in [1.54, 1.807) is 19.5 Å². The Morgan fingerprint density at radius 2 is 1.76 bits per heavy atom. The molecule has 0 unspecified atom stereocenters. The molecule has 0 radical (unpaired) electrons. The van der Waals surface area contributed by atoms with Gasteiger partial charge in [0.1, 0.15) is 5.75 Å². The number of amides is 1. The number of aromatic nitrogens is 1. The van der Waals surface area contributed by atoms with Gasteiger partial charge in [-0.15, -0.1) is 24.8 Å². The second kappa shape index (κ2) is 12.5. The zero-order chi connectivity index (χ0) is 16.5. The van der Waals surface area contributed by atoms with Crippen molar-refractivity contribution in [3.8, 4) is 16.9 Å². The topological polar surface area (TPSA) is 63.2 Å². The fourth-order valence-corrected chi connectivity index (χ4v) is 2.17. The van der Waals surface area contributed by atoms with Crippen molar-refractivity contribution >= 4 is 30.7 Å². The Morgan fingerprint density at radius 1 is 1.04 bits per heavy atom. The quantitative estimate of drug-likeness (QED) is 0.684. The van der Waals surface area contributed by atoms with Crippen LogP contribution in [0.5, 0.6) is 5.75 Å². The van der Waals surface area contributed by atoms with Crippen molar-refractivity contribution in [1.82, 2.24) is 15.6 Å². The molecule has 0 saturated carbocycles. The number of hydrogen-bond acceptors (Lipinski definition) is 4. The van der Waals surface area contributed by atoms with E-state index in [2.05, 4.69) is 22.5 Å². The number of methoxy groups -OCH3 is 1. The van der Waals surface area contributed by atoms with E-state index in [0.717, 1.165) is 36.4 Å². The molecule has 0 aliphatic carbocycles. The molecule has 0 aliphatic rings. The zero-order valence-electron chi connectivity index (χ0n) is 14.5. The minimum atomic E-state index is -0.105. The molecule has 1 heterocycles. The molecule has 1 aromatic carbocycles. The smallest absolute Gasteiger partial charge is 0.252 e. The van der Waals surface area contributed by atoms with Gasteiger partial charge in [-0.2, -0.15) is 0 Å². The maximum Gasteiger partial charge on any atom is 0.252 e. The molecule has 7 heteroatoms. The van der Waals surface area contributed by atoms with Gasteiger partial charge in [0.2, 0.25) is 0 Å². The van der Waals surface area contributed by atoms with Crippen LogP contribution in [-0.2, 0) is 0 Å². The average Bonchev–Trinajstić information content (AvgIpc) is 2.61. The van der Waals surface area contributed by atoms with Crippen molar-refractivity contribution in [3.63, 3.8) is 0 Å². The molecule has 1 aromatic heterocycles. The Hall–Kier alpha value is -1.82. The van der Waals surface area contributed by atoms with Crippen molar-refractivity contribution in [2.45, 2.75) is 13.3 Å². The second-order valence-electron chi connectivity index (χ2n) is 5.20. The van der Waals surface area contributed by atoms with Gasteiger partial charge in [0.05, 0.1) is 12.7 Å². The largest absolute Gasteiger partial charge is 0.497 e. The van der Waals surface area contributed by atoms with Gasteiger partial charge in [-0.25, -0.2) is 0 Å². The molecule has 0 atom stereocenters. The first kappa shape index (κ1) is 23.2. The van der Waals surface area contributed by atoms with Crippen LogP contribution in [0.3, 0.4) is 0 Å². The minimum absolute atomic E-state index is 0. The van der Waals surface area contributed by atoms with Crippen molar-refractivity contribution in [3.05, 3.63) is 48.3 Å². The van der Waals surface area contributed by atoms with E-state index in [4.69, 9.17) is 4.74 Å². The normalized spacial score (nSPS) is 9.52. The van der Waals surface area contributed by atoms with Crippen molar-refractivity contribution in [1.29, 1.82) is 0 Å². The maximum atomic E-state index is 12.2. The summed E-state index contributed by atoms with van der Waals surface area (Å²) in [6.07, 6.45) is 4.42. The van der Waals surface area contributed by atoms with Crippen molar-refractivity contribution < 1.29 is 9.53 Å². The molecule has 2 aromatic rings. The first-order chi connectivity index (χ1) is 11.2. The summed E-state index contributed by atoms with van der Waals surface area (Å²) in [5, 5.41) is 6.14. The molecular weight excluding hydrogens is 361 g/mol. The lowest BCUT2D eigenvalue weighted by molar-refractivity contribution is 0.0953. The van der Waals surface area contributed by atoms with Gasteiger partial charge in [-0.05, 0) is 36.7 Å². The van der Waals surface area contributed by atoms with E-state index < -0.39 is 0 Å². The third kappa shape index (κ3) is 7.30. The molecule has 0 bridgehead atoms. The van der Waals surface area contributed by atoms with E-state index >= 15 is 0 Å². The monoisotopic (exact) mass is 385 g/mol. The van der Waals surface area contributed by atoms with E-state index in [1.807, 2.05) is 30.3 Å². The van der Waals surface area contributed by atoms with Crippen molar-refractivity contribution in [2.75, 3.05) is 26.7 Å². The lowest BCUT2D eigenvalue weighted by Crippen LogP contribution is -2.32. The SMILES string of the molecule is CCCNCCNC(=O)c1cncc(-c2ccc(OC)cc2)c1.Cl.Cl. The molecular formula is C18H25Cl2N3O2. The van der Waals surface area contributed by atoms with Crippen LogP contribution in [0.1, 0.15) is 23.7 Å². The number of benzene rings is 1. The number of carbonyl (C=O) groups excluding carboxylic acids is 1. The first-order valence-electron chi connectivity index (χ1n) is 7.83. The summed E-state index contributed by atoms with van der Waals surface area (Å²) in [6.45, 7) is 4.45. The summed E-state index contributed by atoms with van der Waals surface area (Å²) in [5.74, 6) is 0.696. The number of pyridine rings is 1. The van der Waals surface area contributed by atoms with Crippen LogP contribution in [0.2, 0.25) is 0 Å². The predicted octanol–water partition coefficient (Wildman–Crippen LogP) is 3.33. The number of halogens is 2. The maximum absolute atomic E-state index is 12.2. The van der Waals surface area contributed by atoms with Gasteiger partial charge in [-0.3, -0.25) is 9.78 Å². The second-order valence-corrected chi connectivity index (χ2v) is 5.20. The highest BCUT2D eigenvalue weighted by molar-refractivity contribution is 5.95. The van der Waals surface area contributed by atoms with Gasteiger partial charge < -0.3 is 15.4 Å². The fourth-order valence-electron chi connectivity index (χ4n) is 2.17. The van der Waals surface area contributed by atoms with Crippen LogP contribution in [0, 0.1) is 0 Å². The third-order valence-corrected chi connectivity index (χ3v) is 3.44. The molecule has 0 fully saturated rings. The Balaban J connectivity index is 0.00000288. The number of nitrogens with one attached hydrogen (secondary N) is 2. The Labute approximate surface area is 161 Å². The Bertz CT molecular complexity index is 636. The highest BCUT2D eigenvalue weighted by atomic mass is 35.5. The third-order valence-electron chi connectivity index (χ3n) is 3.44. The molecule has 2 N–H and O–H groups in total. The van der Waals surface area contributed by atoms with Crippen LogP contribution < -0.4 is 15.4 Å².